The molecule has 4 heteroatoms. The highest BCUT2D eigenvalue weighted by Gasteiger charge is 2.27. The van der Waals surface area contributed by atoms with E-state index in [1.165, 1.54) is 0 Å². The average Bonchev–Trinajstić information content (AvgIpc) is 2.47. The lowest BCUT2D eigenvalue weighted by atomic mass is 10.1. The maximum atomic E-state index is 12.4. The molecule has 1 aliphatic heterocycles. The topological polar surface area (TPSA) is 38.8 Å². The zero-order valence-corrected chi connectivity index (χ0v) is 12.5. The van der Waals surface area contributed by atoms with Gasteiger partial charge in [0.2, 0.25) is 0 Å². The number of methoxy groups -OCH3 is 1. The van der Waals surface area contributed by atoms with Crippen molar-refractivity contribution in [2.75, 3.05) is 26.8 Å². The van der Waals surface area contributed by atoms with Gasteiger partial charge >= 0.3 is 0 Å². The Morgan fingerprint density at radius 2 is 2.30 bits per heavy atom. The summed E-state index contributed by atoms with van der Waals surface area (Å²) in [5.41, 5.74) is 0.707. The van der Waals surface area contributed by atoms with Crippen LogP contribution < -0.4 is 4.74 Å². The Labute approximate surface area is 120 Å². The van der Waals surface area contributed by atoms with Gasteiger partial charge < -0.3 is 9.47 Å². The minimum absolute atomic E-state index is 0.136. The Kier molecular flexibility index (Phi) is 5.15. The van der Waals surface area contributed by atoms with Gasteiger partial charge in [-0.15, -0.1) is 0 Å². The van der Waals surface area contributed by atoms with Crippen molar-refractivity contribution in [2.24, 2.45) is 0 Å². The molecule has 110 valence electrons. The fraction of sp³-hybridized carbons (Fsp3) is 0.562. The highest BCUT2D eigenvalue weighted by atomic mass is 16.5. The molecule has 0 spiro atoms. The standard InChI is InChI=1S/C16H23NO3/c1-4-14-11-20-12(2)9-17(14)10-16(18)13-6-5-7-15(8-13)19-3/h5-8,12,14H,4,9-11H2,1-3H3. The Hall–Kier alpha value is -1.39. The van der Waals surface area contributed by atoms with Gasteiger partial charge in [-0.25, -0.2) is 0 Å². The molecular formula is C16H23NO3. The highest BCUT2D eigenvalue weighted by Crippen LogP contribution is 2.17. The van der Waals surface area contributed by atoms with Crippen LogP contribution in [0.5, 0.6) is 5.75 Å². The van der Waals surface area contributed by atoms with Gasteiger partial charge in [0.05, 0.1) is 26.4 Å². The summed E-state index contributed by atoms with van der Waals surface area (Å²) in [6.45, 7) is 6.15. The normalized spacial score (nSPS) is 23.6. The molecule has 4 nitrogen and oxygen atoms in total. The Morgan fingerprint density at radius 3 is 3.00 bits per heavy atom. The number of carbonyl (C=O) groups is 1. The summed E-state index contributed by atoms with van der Waals surface area (Å²) in [5.74, 6) is 0.856. The molecule has 0 aromatic heterocycles. The molecule has 0 saturated carbocycles. The van der Waals surface area contributed by atoms with Gasteiger partial charge in [0, 0.05) is 18.2 Å². The van der Waals surface area contributed by atoms with Crippen LogP contribution in [0.2, 0.25) is 0 Å². The van der Waals surface area contributed by atoms with Crippen molar-refractivity contribution >= 4 is 5.78 Å². The van der Waals surface area contributed by atoms with Crippen LogP contribution >= 0.6 is 0 Å². The Balaban J connectivity index is 2.05. The van der Waals surface area contributed by atoms with Crippen LogP contribution in [0, 0.1) is 0 Å². The second-order valence-corrected chi connectivity index (χ2v) is 5.29. The van der Waals surface area contributed by atoms with Crippen molar-refractivity contribution < 1.29 is 14.3 Å². The van der Waals surface area contributed by atoms with Gasteiger partial charge in [-0.1, -0.05) is 19.1 Å². The lowest BCUT2D eigenvalue weighted by Crippen LogP contribution is -2.50. The number of ether oxygens (including phenoxy) is 2. The summed E-state index contributed by atoms with van der Waals surface area (Å²) in [7, 11) is 1.61. The number of benzene rings is 1. The van der Waals surface area contributed by atoms with Gasteiger partial charge in [-0.2, -0.15) is 0 Å². The fourth-order valence-corrected chi connectivity index (χ4v) is 2.55. The third kappa shape index (κ3) is 3.58. The number of Topliss-reactive ketones (excluding diaryl/α,β-unsaturated/α-hetero) is 1. The monoisotopic (exact) mass is 277 g/mol. The van der Waals surface area contributed by atoms with Gasteiger partial charge in [-0.3, -0.25) is 9.69 Å². The minimum Gasteiger partial charge on any atom is -0.497 e. The van der Waals surface area contributed by atoms with Crippen molar-refractivity contribution in [3.63, 3.8) is 0 Å². The molecule has 1 aliphatic rings. The van der Waals surface area contributed by atoms with Crippen LogP contribution in [0.1, 0.15) is 30.6 Å². The molecule has 1 fully saturated rings. The van der Waals surface area contributed by atoms with E-state index in [0.717, 1.165) is 18.7 Å². The summed E-state index contributed by atoms with van der Waals surface area (Å²) in [5, 5.41) is 0. The molecule has 2 unspecified atom stereocenters. The van der Waals surface area contributed by atoms with Crippen molar-refractivity contribution in [2.45, 2.75) is 32.4 Å². The van der Waals surface area contributed by atoms with Gasteiger partial charge in [-0.05, 0) is 25.5 Å². The van der Waals surface area contributed by atoms with E-state index < -0.39 is 0 Å². The first-order chi connectivity index (χ1) is 9.63. The lowest BCUT2D eigenvalue weighted by molar-refractivity contribution is -0.0523. The predicted molar refractivity (Wildman–Crippen MR) is 78.4 cm³/mol. The largest absolute Gasteiger partial charge is 0.497 e. The summed E-state index contributed by atoms with van der Waals surface area (Å²) >= 11 is 0. The van der Waals surface area contributed by atoms with E-state index in [0.29, 0.717) is 24.8 Å². The molecule has 1 aromatic carbocycles. The van der Waals surface area contributed by atoms with E-state index >= 15 is 0 Å². The first-order valence-electron chi connectivity index (χ1n) is 7.17. The number of rotatable bonds is 5. The van der Waals surface area contributed by atoms with Crippen LogP contribution in [0.25, 0.3) is 0 Å². The summed E-state index contributed by atoms with van der Waals surface area (Å²) in [4.78, 5) is 14.6. The molecule has 1 aromatic rings. The molecule has 0 radical (unpaired) electrons. The first kappa shape index (κ1) is 15.0. The SMILES string of the molecule is CCC1COC(C)CN1CC(=O)c1cccc(OC)c1. The van der Waals surface area contributed by atoms with Crippen LogP contribution in [0.15, 0.2) is 24.3 Å². The van der Waals surface area contributed by atoms with E-state index in [1.807, 2.05) is 18.2 Å². The molecule has 1 heterocycles. The number of morpholine rings is 1. The molecule has 20 heavy (non-hydrogen) atoms. The number of carbonyl (C=O) groups excluding carboxylic acids is 1. The zero-order valence-electron chi connectivity index (χ0n) is 12.5. The molecule has 0 amide bonds. The molecule has 0 aliphatic carbocycles. The molecule has 2 atom stereocenters. The molecule has 1 saturated heterocycles. The Morgan fingerprint density at radius 1 is 1.50 bits per heavy atom. The maximum Gasteiger partial charge on any atom is 0.176 e. The van der Waals surface area contributed by atoms with Crippen LogP contribution in [0.3, 0.4) is 0 Å². The fourth-order valence-electron chi connectivity index (χ4n) is 2.55. The lowest BCUT2D eigenvalue weighted by Gasteiger charge is -2.37. The second-order valence-electron chi connectivity index (χ2n) is 5.29. The average molecular weight is 277 g/mol. The third-order valence-electron chi connectivity index (χ3n) is 3.79. The number of ketones is 1. The summed E-state index contributed by atoms with van der Waals surface area (Å²) in [6.07, 6.45) is 1.19. The van der Waals surface area contributed by atoms with Crippen molar-refractivity contribution in [3.05, 3.63) is 29.8 Å². The van der Waals surface area contributed by atoms with E-state index in [1.54, 1.807) is 13.2 Å². The zero-order chi connectivity index (χ0) is 14.5. The number of hydrogen-bond donors (Lipinski definition) is 0. The van der Waals surface area contributed by atoms with Crippen LogP contribution in [0.4, 0.5) is 0 Å². The molecule has 0 bridgehead atoms. The second kappa shape index (κ2) is 6.86. The van der Waals surface area contributed by atoms with Crippen LogP contribution in [-0.2, 0) is 4.74 Å². The van der Waals surface area contributed by atoms with E-state index in [4.69, 9.17) is 9.47 Å². The van der Waals surface area contributed by atoms with Crippen molar-refractivity contribution in [1.29, 1.82) is 0 Å². The van der Waals surface area contributed by atoms with E-state index in [2.05, 4.69) is 18.7 Å². The van der Waals surface area contributed by atoms with Gasteiger partial charge in [0.15, 0.2) is 5.78 Å². The highest BCUT2D eigenvalue weighted by molar-refractivity contribution is 5.98. The van der Waals surface area contributed by atoms with Crippen LogP contribution in [-0.4, -0.2) is 49.6 Å². The van der Waals surface area contributed by atoms with Gasteiger partial charge in [0.25, 0.3) is 0 Å². The molecule has 0 N–H and O–H groups in total. The quantitative estimate of drug-likeness (QED) is 0.775. The smallest absolute Gasteiger partial charge is 0.176 e. The summed E-state index contributed by atoms with van der Waals surface area (Å²) < 4.78 is 10.8. The molecule has 2 rings (SSSR count). The number of hydrogen-bond acceptors (Lipinski definition) is 4. The van der Waals surface area contributed by atoms with Gasteiger partial charge in [0.1, 0.15) is 5.75 Å². The van der Waals surface area contributed by atoms with Crippen molar-refractivity contribution in [3.8, 4) is 5.75 Å². The maximum absolute atomic E-state index is 12.4. The molecular weight excluding hydrogens is 254 g/mol. The predicted octanol–water partition coefficient (Wildman–Crippen LogP) is 2.38. The first-order valence-corrected chi connectivity index (χ1v) is 7.17. The van der Waals surface area contributed by atoms with E-state index in [9.17, 15) is 4.79 Å². The number of nitrogens with zero attached hydrogens (tertiary/aromatic N) is 1. The minimum atomic E-state index is 0.136. The Bertz CT molecular complexity index is 461. The van der Waals surface area contributed by atoms with Crippen molar-refractivity contribution in [1.82, 2.24) is 4.90 Å². The van der Waals surface area contributed by atoms with E-state index in [-0.39, 0.29) is 11.9 Å². The third-order valence-corrected chi connectivity index (χ3v) is 3.79. The summed E-state index contributed by atoms with van der Waals surface area (Å²) in [6, 6.07) is 7.68.